The van der Waals surface area contributed by atoms with Crippen LogP contribution in [0, 0.1) is 20.8 Å². The molecule has 0 radical (unpaired) electrons. The molecule has 3 aromatic carbocycles. The van der Waals surface area contributed by atoms with E-state index in [-0.39, 0.29) is 15.6 Å². The minimum absolute atomic E-state index is 0.0657. The van der Waals surface area contributed by atoms with E-state index in [0.717, 1.165) is 20.7 Å². The topological polar surface area (TPSA) is 97.3 Å². The summed E-state index contributed by atoms with van der Waals surface area (Å²) in [4.78, 5) is 2.48. The summed E-state index contributed by atoms with van der Waals surface area (Å²) >= 11 is 0. The van der Waals surface area contributed by atoms with Crippen molar-refractivity contribution in [2.75, 3.05) is 5.43 Å². The molecule has 0 bridgehead atoms. The number of aromatic nitrogens is 1. The maximum absolute atomic E-state index is 13.6. The first-order chi connectivity index (χ1) is 15.1. The van der Waals surface area contributed by atoms with Crippen LogP contribution in [0.5, 0.6) is 0 Å². The molecule has 0 aliphatic carbocycles. The summed E-state index contributed by atoms with van der Waals surface area (Å²) in [6, 6.07) is 20.0. The van der Waals surface area contributed by atoms with Crippen LogP contribution < -0.4 is 10.3 Å². The Balaban J connectivity index is 1.82. The van der Waals surface area contributed by atoms with Gasteiger partial charge in [-0.15, -0.1) is 4.83 Å². The van der Waals surface area contributed by atoms with E-state index >= 15 is 0 Å². The zero-order valence-electron chi connectivity index (χ0n) is 17.8. The van der Waals surface area contributed by atoms with Crippen molar-refractivity contribution in [3.8, 4) is 0 Å². The summed E-state index contributed by atoms with van der Waals surface area (Å²) in [5.41, 5.74) is 5.57. The van der Waals surface area contributed by atoms with Crippen LogP contribution in [0.4, 0.5) is 5.82 Å². The van der Waals surface area contributed by atoms with Gasteiger partial charge in [0.1, 0.15) is 5.82 Å². The lowest BCUT2D eigenvalue weighted by Crippen LogP contribution is -2.31. The molecule has 4 rings (SSSR count). The maximum atomic E-state index is 13.6. The Morgan fingerprint density at radius 1 is 0.719 bits per heavy atom. The molecule has 32 heavy (non-hydrogen) atoms. The molecule has 0 atom stereocenters. The van der Waals surface area contributed by atoms with Gasteiger partial charge in [0.15, 0.2) is 0 Å². The van der Waals surface area contributed by atoms with Crippen LogP contribution in [-0.2, 0) is 20.0 Å². The molecule has 0 unspecified atom stereocenters. The number of rotatable bonds is 6. The van der Waals surface area contributed by atoms with Gasteiger partial charge < -0.3 is 0 Å². The molecule has 9 heteroatoms. The van der Waals surface area contributed by atoms with Crippen molar-refractivity contribution >= 4 is 36.8 Å². The molecule has 2 N–H and O–H groups in total. The average molecular weight is 470 g/mol. The van der Waals surface area contributed by atoms with Crippen LogP contribution in [0.25, 0.3) is 10.9 Å². The van der Waals surface area contributed by atoms with Crippen molar-refractivity contribution in [2.24, 2.45) is 0 Å². The van der Waals surface area contributed by atoms with E-state index < -0.39 is 20.0 Å². The van der Waals surface area contributed by atoms with Crippen molar-refractivity contribution < 1.29 is 16.8 Å². The zero-order valence-corrected chi connectivity index (χ0v) is 19.5. The minimum atomic E-state index is -4.02. The number of fused-ring (bicyclic) bond motifs is 1. The summed E-state index contributed by atoms with van der Waals surface area (Å²) in [7, 11) is -7.94. The highest BCUT2D eigenvalue weighted by atomic mass is 32.2. The Hall–Kier alpha value is -3.14. The highest BCUT2D eigenvalue weighted by Crippen LogP contribution is 2.31. The number of hydrogen-bond donors (Lipinski definition) is 2. The number of aryl methyl sites for hydroxylation is 3. The summed E-state index contributed by atoms with van der Waals surface area (Å²) in [5, 5.41) is 0.665. The second-order valence-corrected chi connectivity index (χ2v) is 11.1. The highest BCUT2D eigenvalue weighted by molar-refractivity contribution is 7.90. The second kappa shape index (κ2) is 8.09. The lowest BCUT2D eigenvalue weighted by atomic mass is 10.2. The van der Waals surface area contributed by atoms with E-state index in [9.17, 15) is 16.8 Å². The van der Waals surface area contributed by atoms with Gasteiger partial charge in [0, 0.05) is 5.39 Å². The molecule has 0 aliphatic rings. The number of hydrazine groups is 1. The molecule has 0 saturated heterocycles. The van der Waals surface area contributed by atoms with Gasteiger partial charge in [0.25, 0.3) is 20.0 Å². The molecular formula is C23H23N3O4S2. The number of para-hydroxylation sites is 1. The van der Waals surface area contributed by atoms with E-state index in [0.29, 0.717) is 10.9 Å². The first kappa shape index (κ1) is 22.1. The molecular weight excluding hydrogens is 446 g/mol. The van der Waals surface area contributed by atoms with Crippen molar-refractivity contribution in [3.05, 3.63) is 89.5 Å². The fraction of sp³-hybridized carbons (Fsp3) is 0.130. The molecule has 1 heterocycles. The number of nitrogens with zero attached hydrogens (tertiary/aromatic N) is 1. The van der Waals surface area contributed by atoms with Crippen LogP contribution in [-0.4, -0.2) is 20.8 Å². The van der Waals surface area contributed by atoms with Gasteiger partial charge in [-0.2, -0.15) is 0 Å². The third-order valence-corrected chi connectivity index (χ3v) is 8.13. The highest BCUT2D eigenvalue weighted by Gasteiger charge is 2.25. The van der Waals surface area contributed by atoms with E-state index in [2.05, 4.69) is 10.3 Å². The largest absolute Gasteiger partial charge is 0.292 e. The van der Waals surface area contributed by atoms with Gasteiger partial charge >= 0.3 is 0 Å². The predicted molar refractivity (Wildman–Crippen MR) is 126 cm³/mol. The van der Waals surface area contributed by atoms with Gasteiger partial charge in [0.2, 0.25) is 0 Å². The van der Waals surface area contributed by atoms with Crippen LogP contribution in [0.1, 0.15) is 16.7 Å². The van der Waals surface area contributed by atoms with Gasteiger partial charge in [0.05, 0.1) is 15.3 Å². The van der Waals surface area contributed by atoms with Crippen molar-refractivity contribution in [3.63, 3.8) is 0 Å². The lowest BCUT2D eigenvalue weighted by Gasteiger charge is -2.15. The molecule has 0 saturated carbocycles. The number of sulfonamides is 1. The predicted octanol–water partition coefficient (Wildman–Crippen LogP) is 4.11. The van der Waals surface area contributed by atoms with E-state index in [4.69, 9.17) is 0 Å². The monoisotopic (exact) mass is 469 g/mol. The summed E-state index contributed by atoms with van der Waals surface area (Å²) < 4.78 is 53.9. The van der Waals surface area contributed by atoms with Gasteiger partial charge in [-0.05, 0) is 62.2 Å². The van der Waals surface area contributed by atoms with E-state index in [1.807, 2.05) is 39.0 Å². The molecule has 0 aliphatic heterocycles. The quantitative estimate of drug-likeness (QED) is 0.414. The van der Waals surface area contributed by atoms with Gasteiger partial charge in [-0.1, -0.05) is 48.0 Å². The Morgan fingerprint density at radius 2 is 1.41 bits per heavy atom. The van der Waals surface area contributed by atoms with Gasteiger partial charge in [-0.25, -0.2) is 20.8 Å². The molecule has 0 fully saturated rings. The van der Waals surface area contributed by atoms with Crippen LogP contribution in [0.2, 0.25) is 0 Å². The van der Waals surface area contributed by atoms with Gasteiger partial charge in [-0.3, -0.25) is 5.43 Å². The summed E-state index contributed by atoms with van der Waals surface area (Å²) in [6.07, 6.45) is 0. The number of nitrogens with one attached hydrogen (secondary N) is 2. The van der Waals surface area contributed by atoms with E-state index in [1.165, 1.54) is 18.2 Å². The molecule has 4 aromatic rings. The second-order valence-electron chi connectivity index (χ2n) is 7.67. The van der Waals surface area contributed by atoms with E-state index in [1.54, 1.807) is 36.4 Å². The number of hydrogen-bond acceptors (Lipinski definition) is 5. The van der Waals surface area contributed by atoms with Crippen molar-refractivity contribution in [1.82, 2.24) is 8.80 Å². The molecule has 0 amide bonds. The molecule has 7 nitrogen and oxygen atoms in total. The fourth-order valence-electron chi connectivity index (χ4n) is 3.52. The SMILES string of the molecule is Cc1ccc(S(=O)(=O)NNc2cc3cccc(C)c3n2S(=O)(=O)c2cccc(C)c2)cc1. The Labute approximate surface area is 187 Å². The Bertz CT molecular complexity index is 1520. The Kier molecular flexibility index (Phi) is 5.58. The minimum Gasteiger partial charge on any atom is -0.292 e. The van der Waals surface area contributed by atoms with Crippen molar-refractivity contribution in [1.29, 1.82) is 0 Å². The maximum Gasteiger partial charge on any atom is 0.269 e. The van der Waals surface area contributed by atoms with Crippen molar-refractivity contribution in [2.45, 2.75) is 30.6 Å². The fourth-order valence-corrected chi connectivity index (χ4v) is 6.01. The first-order valence-corrected chi connectivity index (χ1v) is 12.8. The summed E-state index contributed by atoms with van der Waals surface area (Å²) in [6.45, 7) is 5.48. The number of benzene rings is 3. The first-order valence-electron chi connectivity index (χ1n) is 9.87. The third-order valence-electron chi connectivity index (χ3n) is 5.16. The molecule has 1 aromatic heterocycles. The van der Waals surface area contributed by atoms with Crippen LogP contribution >= 0.6 is 0 Å². The third kappa shape index (κ3) is 4.02. The number of anilines is 1. The Morgan fingerprint density at radius 3 is 2.09 bits per heavy atom. The lowest BCUT2D eigenvalue weighted by molar-refractivity contribution is 0.583. The summed E-state index contributed by atoms with van der Waals surface area (Å²) in [5.74, 6) is 0.0893. The zero-order chi connectivity index (χ0) is 23.1. The molecule has 0 spiro atoms. The smallest absolute Gasteiger partial charge is 0.269 e. The van der Waals surface area contributed by atoms with Crippen LogP contribution in [0.15, 0.2) is 82.6 Å². The van der Waals surface area contributed by atoms with Crippen LogP contribution in [0.3, 0.4) is 0 Å². The molecule has 166 valence electrons. The normalized spacial score (nSPS) is 12.2. The standard InChI is InChI=1S/C23H23N3O4S2/c1-16-10-12-20(13-11-16)31(27,28)25-24-22-15-19-8-5-7-18(3)23(19)26(22)32(29,30)21-9-4-6-17(2)14-21/h4-15,24-25H,1-3H3. The average Bonchev–Trinajstić information content (AvgIpc) is 3.13.